The molecule has 1 rings (SSSR count). The maximum atomic E-state index is 11.6. The topological polar surface area (TPSA) is 90.9 Å². The molecule has 0 fully saturated rings. The first-order valence-corrected chi connectivity index (χ1v) is 5.66. The van der Waals surface area contributed by atoms with Crippen LogP contribution >= 0.6 is 0 Å². The summed E-state index contributed by atoms with van der Waals surface area (Å²) >= 11 is 0. The number of anilines is 2. The normalized spacial score (nSPS) is 10.6. The van der Waals surface area contributed by atoms with Gasteiger partial charge in [0.2, 0.25) is 5.91 Å². The fraction of sp³-hybridized carbons (Fsp3) is 0.385. The summed E-state index contributed by atoms with van der Waals surface area (Å²) in [4.78, 5) is 11.6. The molecule has 18 heavy (non-hydrogen) atoms. The monoisotopic (exact) mass is 246 g/mol. The minimum atomic E-state index is -0.516. The average Bonchev–Trinajstić information content (AvgIpc) is 2.35. The van der Waals surface area contributed by atoms with Gasteiger partial charge in [-0.3, -0.25) is 4.79 Å². The molecule has 0 unspecified atom stereocenters. The first-order chi connectivity index (χ1) is 8.40. The number of hydrogen-bond donors (Lipinski definition) is 3. The zero-order valence-corrected chi connectivity index (χ0v) is 10.9. The lowest BCUT2D eigenvalue weighted by molar-refractivity contribution is -0.128. The molecule has 0 aliphatic carbocycles. The number of amides is 1. The van der Waals surface area contributed by atoms with Crippen LogP contribution in [0.5, 0.6) is 0 Å². The Bertz CT molecular complexity index is 488. The quantitative estimate of drug-likeness (QED) is 0.699. The van der Waals surface area contributed by atoms with Crippen LogP contribution in [-0.2, 0) is 4.79 Å². The molecular weight excluding hydrogens is 228 g/mol. The molecule has 0 heterocycles. The molecule has 4 N–H and O–H groups in total. The second-order valence-corrected chi connectivity index (χ2v) is 4.73. The summed E-state index contributed by atoms with van der Waals surface area (Å²) in [6.07, 6.45) is 0. The first kappa shape index (κ1) is 13.8. The fourth-order valence-corrected chi connectivity index (χ4v) is 1.52. The molecule has 1 aromatic carbocycles. The van der Waals surface area contributed by atoms with E-state index < -0.39 is 5.41 Å². The molecule has 0 atom stereocenters. The van der Waals surface area contributed by atoms with Crippen LogP contribution in [0.1, 0.15) is 19.4 Å². The van der Waals surface area contributed by atoms with E-state index >= 15 is 0 Å². The van der Waals surface area contributed by atoms with Gasteiger partial charge in [-0.05, 0) is 32.0 Å². The first-order valence-electron chi connectivity index (χ1n) is 5.66. The number of hydrogen-bond acceptors (Lipinski definition) is 4. The Morgan fingerprint density at radius 1 is 1.50 bits per heavy atom. The SMILES string of the molecule is CNC(=O)C(C)(C)CNc1ccc(C#N)c(N)c1. The van der Waals surface area contributed by atoms with Crippen molar-refractivity contribution in [3.05, 3.63) is 23.8 Å². The summed E-state index contributed by atoms with van der Waals surface area (Å²) in [6.45, 7) is 4.19. The maximum absolute atomic E-state index is 11.6. The van der Waals surface area contributed by atoms with Gasteiger partial charge in [0.05, 0.1) is 16.7 Å². The van der Waals surface area contributed by atoms with Gasteiger partial charge in [-0.15, -0.1) is 0 Å². The van der Waals surface area contributed by atoms with Crippen LogP contribution in [0, 0.1) is 16.7 Å². The highest BCUT2D eigenvalue weighted by Crippen LogP contribution is 2.20. The van der Waals surface area contributed by atoms with Crippen LogP contribution in [-0.4, -0.2) is 19.5 Å². The number of rotatable bonds is 4. The van der Waals surface area contributed by atoms with E-state index in [2.05, 4.69) is 10.6 Å². The Kier molecular flexibility index (Phi) is 4.16. The molecule has 0 spiro atoms. The van der Waals surface area contributed by atoms with Gasteiger partial charge in [0.25, 0.3) is 0 Å². The lowest BCUT2D eigenvalue weighted by atomic mass is 9.92. The van der Waals surface area contributed by atoms with Crippen molar-refractivity contribution >= 4 is 17.3 Å². The van der Waals surface area contributed by atoms with Crippen molar-refractivity contribution in [2.45, 2.75) is 13.8 Å². The Morgan fingerprint density at radius 3 is 2.67 bits per heavy atom. The molecule has 96 valence electrons. The molecule has 0 aliphatic rings. The van der Waals surface area contributed by atoms with Crippen molar-refractivity contribution in [2.24, 2.45) is 5.41 Å². The molecule has 5 heteroatoms. The average molecular weight is 246 g/mol. The van der Waals surface area contributed by atoms with Crippen LogP contribution in [0.4, 0.5) is 11.4 Å². The number of nitrogens with zero attached hydrogens (tertiary/aromatic N) is 1. The number of carbonyl (C=O) groups is 1. The molecule has 1 amide bonds. The molecule has 0 saturated carbocycles. The minimum absolute atomic E-state index is 0.0309. The van der Waals surface area contributed by atoms with Gasteiger partial charge in [0, 0.05) is 19.3 Å². The fourth-order valence-electron chi connectivity index (χ4n) is 1.52. The zero-order chi connectivity index (χ0) is 13.8. The number of benzene rings is 1. The van der Waals surface area contributed by atoms with Crippen molar-refractivity contribution in [2.75, 3.05) is 24.6 Å². The van der Waals surface area contributed by atoms with Crippen molar-refractivity contribution < 1.29 is 4.79 Å². The Labute approximate surface area is 107 Å². The van der Waals surface area contributed by atoms with Crippen LogP contribution in [0.3, 0.4) is 0 Å². The number of nitriles is 1. The number of nitrogens with one attached hydrogen (secondary N) is 2. The van der Waals surface area contributed by atoms with E-state index in [-0.39, 0.29) is 5.91 Å². The van der Waals surface area contributed by atoms with E-state index in [1.165, 1.54) is 0 Å². The van der Waals surface area contributed by atoms with E-state index in [0.29, 0.717) is 17.8 Å². The summed E-state index contributed by atoms with van der Waals surface area (Å²) in [5, 5.41) is 14.5. The van der Waals surface area contributed by atoms with Crippen molar-refractivity contribution in [1.82, 2.24) is 5.32 Å². The molecule has 5 nitrogen and oxygen atoms in total. The molecule has 0 aliphatic heterocycles. The smallest absolute Gasteiger partial charge is 0.227 e. The molecule has 0 bridgehead atoms. The third kappa shape index (κ3) is 3.14. The number of carbonyl (C=O) groups excluding carboxylic acids is 1. The Morgan fingerprint density at radius 2 is 2.17 bits per heavy atom. The standard InChI is InChI=1S/C13H18N4O/c1-13(2,12(18)16-3)8-17-10-5-4-9(7-14)11(15)6-10/h4-6,17H,8,15H2,1-3H3,(H,16,18). The van der Waals surface area contributed by atoms with E-state index in [1.807, 2.05) is 19.9 Å². The van der Waals surface area contributed by atoms with Crippen molar-refractivity contribution in [1.29, 1.82) is 5.26 Å². The highest BCUT2D eigenvalue weighted by Gasteiger charge is 2.26. The molecule has 0 radical (unpaired) electrons. The van der Waals surface area contributed by atoms with Gasteiger partial charge in [0.15, 0.2) is 0 Å². The van der Waals surface area contributed by atoms with Gasteiger partial charge >= 0.3 is 0 Å². The van der Waals surface area contributed by atoms with Crippen LogP contribution in [0.25, 0.3) is 0 Å². The highest BCUT2D eigenvalue weighted by molar-refractivity contribution is 5.82. The van der Waals surface area contributed by atoms with Crippen LogP contribution < -0.4 is 16.4 Å². The van der Waals surface area contributed by atoms with E-state index in [0.717, 1.165) is 5.69 Å². The Balaban J connectivity index is 2.73. The third-order valence-electron chi connectivity index (χ3n) is 2.75. The van der Waals surface area contributed by atoms with E-state index in [4.69, 9.17) is 11.0 Å². The van der Waals surface area contributed by atoms with Crippen molar-refractivity contribution in [3.8, 4) is 6.07 Å². The molecule has 1 aromatic rings. The lowest BCUT2D eigenvalue weighted by Crippen LogP contribution is -2.39. The summed E-state index contributed by atoms with van der Waals surface area (Å²) < 4.78 is 0. The minimum Gasteiger partial charge on any atom is -0.398 e. The maximum Gasteiger partial charge on any atom is 0.227 e. The Hall–Kier alpha value is -2.22. The largest absolute Gasteiger partial charge is 0.398 e. The highest BCUT2D eigenvalue weighted by atomic mass is 16.2. The molecule has 0 aromatic heterocycles. The van der Waals surface area contributed by atoms with Crippen LogP contribution in [0.15, 0.2) is 18.2 Å². The molecule has 0 saturated heterocycles. The lowest BCUT2D eigenvalue weighted by Gasteiger charge is -2.23. The van der Waals surface area contributed by atoms with Gasteiger partial charge in [0.1, 0.15) is 6.07 Å². The second-order valence-electron chi connectivity index (χ2n) is 4.73. The van der Waals surface area contributed by atoms with Gasteiger partial charge < -0.3 is 16.4 Å². The molecular formula is C13H18N4O. The summed E-state index contributed by atoms with van der Waals surface area (Å²) in [5.41, 5.74) is 6.87. The predicted molar refractivity (Wildman–Crippen MR) is 71.9 cm³/mol. The van der Waals surface area contributed by atoms with E-state index in [1.54, 1.807) is 25.2 Å². The van der Waals surface area contributed by atoms with Gasteiger partial charge in [-0.25, -0.2) is 0 Å². The third-order valence-corrected chi connectivity index (χ3v) is 2.75. The summed E-state index contributed by atoms with van der Waals surface area (Å²) in [7, 11) is 1.61. The van der Waals surface area contributed by atoms with Gasteiger partial charge in [-0.2, -0.15) is 5.26 Å². The summed E-state index contributed by atoms with van der Waals surface area (Å²) in [6, 6.07) is 7.13. The van der Waals surface area contributed by atoms with Crippen molar-refractivity contribution in [3.63, 3.8) is 0 Å². The van der Waals surface area contributed by atoms with Gasteiger partial charge in [-0.1, -0.05) is 0 Å². The second kappa shape index (κ2) is 5.41. The van der Waals surface area contributed by atoms with E-state index in [9.17, 15) is 4.79 Å². The predicted octanol–water partition coefficient (Wildman–Crippen LogP) is 1.32. The number of nitrogen functional groups attached to an aromatic ring is 1. The summed E-state index contributed by atoms with van der Waals surface area (Å²) in [5.74, 6) is -0.0309. The van der Waals surface area contributed by atoms with Crippen LogP contribution in [0.2, 0.25) is 0 Å². The zero-order valence-electron chi connectivity index (χ0n) is 10.9. The number of nitrogens with two attached hydrogens (primary N) is 1.